The maximum atomic E-state index is 12.4. The van der Waals surface area contributed by atoms with E-state index in [0.29, 0.717) is 12.3 Å². The van der Waals surface area contributed by atoms with Crippen molar-refractivity contribution in [3.63, 3.8) is 0 Å². The van der Waals surface area contributed by atoms with E-state index in [0.717, 1.165) is 5.56 Å². The second-order valence-corrected chi connectivity index (χ2v) is 6.03. The van der Waals surface area contributed by atoms with E-state index < -0.39 is 6.10 Å². The highest BCUT2D eigenvalue weighted by molar-refractivity contribution is 7.98. The number of hydrogen-bond acceptors (Lipinski definition) is 4. The van der Waals surface area contributed by atoms with Crippen molar-refractivity contribution in [3.8, 4) is 5.75 Å². The molecule has 1 aromatic carbocycles. The Morgan fingerprint density at radius 2 is 2.09 bits per heavy atom. The number of aryl methyl sites for hydroxylation is 1. The minimum absolute atomic E-state index is 0.0576. The zero-order valence-corrected chi connectivity index (χ0v) is 14.1. The van der Waals surface area contributed by atoms with Crippen LogP contribution in [0.15, 0.2) is 41.6 Å². The Kier molecular flexibility index (Phi) is 5.49. The van der Waals surface area contributed by atoms with Crippen LogP contribution in [-0.2, 0) is 18.4 Å². The van der Waals surface area contributed by atoms with E-state index in [9.17, 15) is 4.79 Å². The van der Waals surface area contributed by atoms with E-state index in [4.69, 9.17) is 4.74 Å². The zero-order valence-electron chi connectivity index (χ0n) is 13.3. The van der Waals surface area contributed by atoms with E-state index in [2.05, 4.69) is 5.10 Å². The van der Waals surface area contributed by atoms with Crippen molar-refractivity contribution < 1.29 is 9.53 Å². The zero-order chi connectivity index (χ0) is 16.1. The van der Waals surface area contributed by atoms with Gasteiger partial charge in [0.2, 0.25) is 0 Å². The molecule has 1 amide bonds. The summed E-state index contributed by atoms with van der Waals surface area (Å²) in [5, 5.41) is 4.10. The van der Waals surface area contributed by atoms with E-state index in [-0.39, 0.29) is 5.91 Å². The molecule has 22 heavy (non-hydrogen) atoms. The smallest absolute Gasteiger partial charge is 0.263 e. The average Bonchev–Trinajstić information content (AvgIpc) is 2.92. The second-order valence-electron chi connectivity index (χ2n) is 5.15. The predicted molar refractivity (Wildman–Crippen MR) is 88.0 cm³/mol. The summed E-state index contributed by atoms with van der Waals surface area (Å²) < 4.78 is 7.44. The largest absolute Gasteiger partial charge is 0.481 e. The quantitative estimate of drug-likeness (QED) is 0.768. The maximum Gasteiger partial charge on any atom is 0.263 e. The van der Waals surface area contributed by atoms with Gasteiger partial charge in [0.25, 0.3) is 5.91 Å². The maximum absolute atomic E-state index is 12.4. The van der Waals surface area contributed by atoms with Crippen molar-refractivity contribution in [2.75, 3.05) is 13.3 Å². The van der Waals surface area contributed by atoms with Gasteiger partial charge in [0.05, 0.1) is 6.20 Å². The molecule has 5 nitrogen and oxygen atoms in total. The fourth-order valence-corrected chi connectivity index (χ4v) is 2.53. The summed E-state index contributed by atoms with van der Waals surface area (Å²) in [4.78, 5) is 15.2. The summed E-state index contributed by atoms with van der Waals surface area (Å²) >= 11 is 1.67. The van der Waals surface area contributed by atoms with Crippen molar-refractivity contribution in [1.82, 2.24) is 14.7 Å². The Bertz CT molecular complexity index is 625. The molecule has 1 heterocycles. The molecule has 0 fully saturated rings. The molecular formula is C16H21N3O2S. The van der Waals surface area contributed by atoms with Gasteiger partial charge >= 0.3 is 0 Å². The molecule has 1 atom stereocenters. The molecule has 0 spiro atoms. The molecule has 118 valence electrons. The summed E-state index contributed by atoms with van der Waals surface area (Å²) in [6.45, 7) is 2.29. The van der Waals surface area contributed by atoms with Crippen LogP contribution in [0.4, 0.5) is 0 Å². The Morgan fingerprint density at radius 3 is 2.64 bits per heavy atom. The van der Waals surface area contributed by atoms with Gasteiger partial charge in [-0.25, -0.2) is 0 Å². The number of carbonyl (C=O) groups is 1. The van der Waals surface area contributed by atoms with Crippen LogP contribution in [0.1, 0.15) is 12.5 Å². The van der Waals surface area contributed by atoms with Crippen molar-refractivity contribution >= 4 is 17.7 Å². The molecule has 2 aromatic rings. The third kappa shape index (κ3) is 4.27. The Balaban J connectivity index is 1.92. The Labute approximate surface area is 135 Å². The number of thioether (sulfide) groups is 1. The molecule has 0 unspecified atom stereocenters. The van der Waals surface area contributed by atoms with E-state index in [1.807, 2.05) is 43.8 Å². The van der Waals surface area contributed by atoms with Crippen LogP contribution in [0.5, 0.6) is 5.75 Å². The molecule has 0 bridgehead atoms. The second kappa shape index (κ2) is 7.35. The molecule has 2 rings (SSSR count). The molecule has 0 aliphatic rings. The van der Waals surface area contributed by atoms with Crippen LogP contribution in [0.2, 0.25) is 0 Å². The third-order valence-electron chi connectivity index (χ3n) is 3.27. The monoisotopic (exact) mass is 319 g/mol. The van der Waals surface area contributed by atoms with Crippen LogP contribution in [0.25, 0.3) is 0 Å². The number of ether oxygens (including phenoxy) is 1. The number of nitrogens with zero attached hydrogens (tertiary/aromatic N) is 3. The summed E-state index contributed by atoms with van der Waals surface area (Å²) in [5.74, 6) is 0.645. The van der Waals surface area contributed by atoms with Gasteiger partial charge in [0.15, 0.2) is 6.10 Å². The first-order valence-electron chi connectivity index (χ1n) is 7.03. The Morgan fingerprint density at radius 1 is 1.41 bits per heavy atom. The minimum Gasteiger partial charge on any atom is -0.481 e. The molecule has 1 aromatic heterocycles. The molecule has 0 N–H and O–H groups in total. The molecule has 0 saturated heterocycles. The Hall–Kier alpha value is -1.95. The van der Waals surface area contributed by atoms with Crippen molar-refractivity contribution in [1.29, 1.82) is 0 Å². The first kappa shape index (κ1) is 16.4. The van der Waals surface area contributed by atoms with Gasteiger partial charge in [-0.3, -0.25) is 9.48 Å². The SMILES string of the molecule is CSc1ccc(O[C@@H](C)C(=O)N(C)Cc2cnn(C)c2)cc1. The normalized spacial score (nSPS) is 12.0. The number of carbonyl (C=O) groups excluding carboxylic acids is 1. The van der Waals surface area contributed by atoms with Gasteiger partial charge < -0.3 is 9.64 Å². The third-order valence-corrected chi connectivity index (χ3v) is 4.02. The lowest BCUT2D eigenvalue weighted by Gasteiger charge is -2.21. The lowest BCUT2D eigenvalue weighted by Crippen LogP contribution is -2.37. The fourth-order valence-electron chi connectivity index (χ4n) is 2.12. The summed E-state index contributed by atoms with van der Waals surface area (Å²) in [6.07, 6.45) is 5.16. The molecule has 0 radical (unpaired) electrons. The summed E-state index contributed by atoms with van der Waals surface area (Å²) in [5.41, 5.74) is 0.995. The molecular weight excluding hydrogens is 298 g/mol. The standard InChI is InChI=1S/C16H21N3O2S/c1-12(21-14-5-7-15(22-4)8-6-14)16(20)18(2)10-13-9-17-19(3)11-13/h5-9,11-12H,10H2,1-4H3/t12-/m0/s1. The van der Waals surface area contributed by atoms with Gasteiger partial charge in [0, 0.05) is 37.3 Å². The van der Waals surface area contributed by atoms with E-state index in [1.54, 1.807) is 41.5 Å². The van der Waals surface area contributed by atoms with E-state index >= 15 is 0 Å². The average molecular weight is 319 g/mol. The van der Waals surface area contributed by atoms with Crippen LogP contribution < -0.4 is 4.74 Å². The first-order valence-corrected chi connectivity index (χ1v) is 8.25. The number of rotatable bonds is 6. The van der Waals surface area contributed by atoms with Crippen LogP contribution in [0.3, 0.4) is 0 Å². The first-order chi connectivity index (χ1) is 10.5. The topological polar surface area (TPSA) is 47.4 Å². The van der Waals surface area contributed by atoms with Crippen LogP contribution in [0, 0.1) is 0 Å². The highest BCUT2D eigenvalue weighted by atomic mass is 32.2. The predicted octanol–water partition coefficient (Wildman–Crippen LogP) is 2.57. The van der Waals surface area contributed by atoms with Crippen molar-refractivity contribution in [2.45, 2.75) is 24.5 Å². The number of benzene rings is 1. The summed E-state index contributed by atoms with van der Waals surface area (Å²) in [6, 6.07) is 7.74. The van der Waals surface area contributed by atoms with Gasteiger partial charge in [-0.1, -0.05) is 0 Å². The lowest BCUT2D eigenvalue weighted by molar-refractivity contribution is -0.137. The summed E-state index contributed by atoms with van der Waals surface area (Å²) in [7, 11) is 3.63. The highest BCUT2D eigenvalue weighted by Gasteiger charge is 2.19. The van der Waals surface area contributed by atoms with Gasteiger partial charge in [-0.2, -0.15) is 5.10 Å². The molecule has 6 heteroatoms. The van der Waals surface area contributed by atoms with Crippen LogP contribution in [-0.4, -0.2) is 40.0 Å². The van der Waals surface area contributed by atoms with Crippen LogP contribution >= 0.6 is 11.8 Å². The number of aromatic nitrogens is 2. The molecule has 0 aliphatic carbocycles. The van der Waals surface area contributed by atoms with Crippen molar-refractivity contribution in [3.05, 3.63) is 42.2 Å². The minimum atomic E-state index is -0.526. The number of likely N-dealkylation sites (N-methyl/N-ethyl adjacent to an activating group) is 1. The molecule has 0 saturated carbocycles. The highest BCUT2D eigenvalue weighted by Crippen LogP contribution is 2.20. The van der Waals surface area contributed by atoms with Crippen molar-refractivity contribution in [2.24, 2.45) is 7.05 Å². The number of amides is 1. The van der Waals surface area contributed by atoms with Gasteiger partial charge in [0.1, 0.15) is 5.75 Å². The van der Waals surface area contributed by atoms with E-state index in [1.165, 1.54) is 4.90 Å². The molecule has 0 aliphatic heterocycles. The fraction of sp³-hybridized carbons (Fsp3) is 0.375. The van der Waals surface area contributed by atoms with Gasteiger partial charge in [-0.15, -0.1) is 11.8 Å². The van der Waals surface area contributed by atoms with Gasteiger partial charge in [-0.05, 0) is 37.4 Å². The number of hydrogen-bond donors (Lipinski definition) is 0. The lowest BCUT2D eigenvalue weighted by atomic mass is 10.3.